The van der Waals surface area contributed by atoms with Crippen LogP contribution in [0.1, 0.15) is 19.8 Å². The van der Waals surface area contributed by atoms with E-state index in [0.29, 0.717) is 26.1 Å². The van der Waals surface area contributed by atoms with Crippen LogP contribution in [0, 0.1) is 0 Å². The van der Waals surface area contributed by atoms with Gasteiger partial charge in [0.15, 0.2) is 0 Å². The van der Waals surface area contributed by atoms with Gasteiger partial charge in [-0.25, -0.2) is 0 Å². The van der Waals surface area contributed by atoms with E-state index in [1.54, 1.807) is 0 Å². The van der Waals surface area contributed by atoms with Crippen molar-refractivity contribution in [1.29, 1.82) is 0 Å². The quantitative estimate of drug-likeness (QED) is 0.443. The molecule has 0 aliphatic carbocycles. The van der Waals surface area contributed by atoms with E-state index < -0.39 is 0 Å². The van der Waals surface area contributed by atoms with Crippen LogP contribution in [-0.4, -0.2) is 60.4 Å². The summed E-state index contributed by atoms with van der Waals surface area (Å²) in [4.78, 5) is 12.9. The van der Waals surface area contributed by atoms with Crippen molar-refractivity contribution < 1.29 is 15.0 Å². The van der Waals surface area contributed by atoms with Crippen molar-refractivity contribution in [3.63, 3.8) is 0 Å². The second-order valence-corrected chi connectivity index (χ2v) is 3.35. The zero-order valence-electron chi connectivity index (χ0n) is 9.41. The van der Waals surface area contributed by atoms with E-state index in [1.807, 2.05) is 11.8 Å². The van der Waals surface area contributed by atoms with Crippen LogP contribution < -0.4 is 5.32 Å². The maximum absolute atomic E-state index is 10.9. The third kappa shape index (κ3) is 8.35. The van der Waals surface area contributed by atoms with Gasteiger partial charge in [-0.05, 0) is 13.0 Å². The summed E-state index contributed by atoms with van der Waals surface area (Å²) in [5.41, 5.74) is 0. The maximum atomic E-state index is 10.9. The lowest BCUT2D eigenvalue weighted by Crippen LogP contribution is -2.33. The highest BCUT2D eigenvalue weighted by molar-refractivity contribution is 5.75. The van der Waals surface area contributed by atoms with E-state index in [2.05, 4.69) is 5.32 Å². The highest BCUT2D eigenvalue weighted by Crippen LogP contribution is 1.90. The molecule has 0 heterocycles. The van der Waals surface area contributed by atoms with Crippen molar-refractivity contribution in [2.24, 2.45) is 0 Å². The fourth-order valence-electron chi connectivity index (χ4n) is 1.27. The SMILES string of the molecule is CCC(=O)NCCCN(CCO)CCO. The van der Waals surface area contributed by atoms with E-state index in [0.717, 1.165) is 13.0 Å². The van der Waals surface area contributed by atoms with E-state index in [9.17, 15) is 4.79 Å². The van der Waals surface area contributed by atoms with Gasteiger partial charge in [0.1, 0.15) is 0 Å². The second kappa shape index (κ2) is 9.89. The molecule has 0 aromatic carbocycles. The number of amides is 1. The first kappa shape index (κ1) is 14.3. The molecular weight excluding hydrogens is 196 g/mol. The molecule has 0 fully saturated rings. The fourth-order valence-corrected chi connectivity index (χ4v) is 1.27. The molecule has 0 aromatic heterocycles. The third-order valence-electron chi connectivity index (χ3n) is 2.13. The number of hydrogen-bond acceptors (Lipinski definition) is 4. The Morgan fingerprint density at radius 2 is 1.80 bits per heavy atom. The predicted octanol–water partition coefficient (Wildman–Crippen LogP) is -0.811. The largest absolute Gasteiger partial charge is 0.395 e. The molecule has 0 spiro atoms. The predicted molar refractivity (Wildman–Crippen MR) is 58.5 cm³/mol. The van der Waals surface area contributed by atoms with Crippen LogP contribution in [0.2, 0.25) is 0 Å². The Morgan fingerprint density at radius 3 is 2.27 bits per heavy atom. The number of rotatable bonds is 9. The van der Waals surface area contributed by atoms with Crippen LogP contribution in [0.25, 0.3) is 0 Å². The summed E-state index contributed by atoms with van der Waals surface area (Å²) in [6.45, 7) is 4.59. The average Bonchev–Trinajstić information content (AvgIpc) is 2.24. The Hall–Kier alpha value is -0.650. The molecule has 0 aromatic rings. The van der Waals surface area contributed by atoms with Gasteiger partial charge in [-0.2, -0.15) is 0 Å². The van der Waals surface area contributed by atoms with Crippen LogP contribution in [0.3, 0.4) is 0 Å². The normalized spacial score (nSPS) is 10.7. The molecule has 15 heavy (non-hydrogen) atoms. The summed E-state index contributed by atoms with van der Waals surface area (Å²) in [6, 6.07) is 0. The van der Waals surface area contributed by atoms with Gasteiger partial charge >= 0.3 is 0 Å². The van der Waals surface area contributed by atoms with E-state index in [1.165, 1.54) is 0 Å². The van der Waals surface area contributed by atoms with E-state index in [-0.39, 0.29) is 19.1 Å². The number of carbonyl (C=O) groups is 1. The van der Waals surface area contributed by atoms with Crippen molar-refractivity contribution in [1.82, 2.24) is 10.2 Å². The zero-order valence-corrected chi connectivity index (χ0v) is 9.41. The lowest BCUT2D eigenvalue weighted by Gasteiger charge is -2.19. The molecule has 0 aliphatic heterocycles. The molecule has 5 heteroatoms. The first-order valence-corrected chi connectivity index (χ1v) is 5.45. The van der Waals surface area contributed by atoms with Crippen molar-refractivity contribution in [2.75, 3.05) is 39.4 Å². The lowest BCUT2D eigenvalue weighted by atomic mass is 10.3. The van der Waals surface area contributed by atoms with Gasteiger partial charge < -0.3 is 15.5 Å². The summed E-state index contributed by atoms with van der Waals surface area (Å²) in [6.07, 6.45) is 1.35. The minimum atomic E-state index is 0.0610. The topological polar surface area (TPSA) is 72.8 Å². The zero-order chi connectivity index (χ0) is 11.5. The average molecular weight is 218 g/mol. The number of aliphatic hydroxyl groups is 2. The van der Waals surface area contributed by atoms with Crippen molar-refractivity contribution in [3.05, 3.63) is 0 Å². The Kier molecular flexibility index (Phi) is 9.46. The standard InChI is InChI=1S/C10H22N2O3/c1-2-10(15)11-4-3-5-12(6-8-13)7-9-14/h13-14H,2-9H2,1H3,(H,11,15). The molecule has 3 N–H and O–H groups in total. The Bertz CT molecular complexity index is 159. The molecule has 0 radical (unpaired) electrons. The monoisotopic (exact) mass is 218 g/mol. The van der Waals surface area contributed by atoms with E-state index in [4.69, 9.17) is 10.2 Å². The molecule has 0 saturated carbocycles. The van der Waals surface area contributed by atoms with Crippen LogP contribution >= 0.6 is 0 Å². The van der Waals surface area contributed by atoms with E-state index >= 15 is 0 Å². The van der Waals surface area contributed by atoms with Gasteiger partial charge in [0.2, 0.25) is 5.91 Å². The van der Waals surface area contributed by atoms with Crippen molar-refractivity contribution >= 4 is 5.91 Å². The highest BCUT2D eigenvalue weighted by Gasteiger charge is 2.03. The molecule has 0 atom stereocenters. The number of nitrogens with zero attached hydrogens (tertiary/aromatic N) is 1. The van der Waals surface area contributed by atoms with Crippen LogP contribution in [0.5, 0.6) is 0 Å². The number of aliphatic hydroxyl groups excluding tert-OH is 2. The van der Waals surface area contributed by atoms with Gasteiger partial charge in [-0.15, -0.1) is 0 Å². The molecule has 5 nitrogen and oxygen atoms in total. The Balaban J connectivity index is 3.48. The lowest BCUT2D eigenvalue weighted by molar-refractivity contribution is -0.120. The number of carbonyl (C=O) groups excluding carboxylic acids is 1. The number of hydrogen-bond donors (Lipinski definition) is 3. The molecule has 1 amide bonds. The molecule has 0 bridgehead atoms. The van der Waals surface area contributed by atoms with Gasteiger partial charge in [0.05, 0.1) is 13.2 Å². The molecule has 0 unspecified atom stereocenters. The molecular formula is C10H22N2O3. The first-order valence-electron chi connectivity index (χ1n) is 5.45. The summed E-state index contributed by atoms with van der Waals surface area (Å²) in [5.74, 6) is 0.0610. The summed E-state index contributed by atoms with van der Waals surface area (Å²) in [5, 5.41) is 20.3. The van der Waals surface area contributed by atoms with Gasteiger partial charge in [-0.1, -0.05) is 6.92 Å². The van der Waals surface area contributed by atoms with Gasteiger partial charge in [-0.3, -0.25) is 9.69 Å². The minimum Gasteiger partial charge on any atom is -0.395 e. The minimum absolute atomic E-state index is 0.0610. The number of nitrogens with one attached hydrogen (secondary N) is 1. The van der Waals surface area contributed by atoms with Gasteiger partial charge in [0.25, 0.3) is 0 Å². The maximum Gasteiger partial charge on any atom is 0.219 e. The molecule has 0 saturated heterocycles. The highest BCUT2D eigenvalue weighted by atomic mass is 16.3. The Labute approximate surface area is 91.1 Å². The van der Waals surface area contributed by atoms with Gasteiger partial charge in [0, 0.05) is 26.1 Å². The van der Waals surface area contributed by atoms with Crippen molar-refractivity contribution in [3.8, 4) is 0 Å². The molecule has 0 aliphatic rings. The van der Waals surface area contributed by atoms with Crippen LogP contribution in [0.4, 0.5) is 0 Å². The summed E-state index contributed by atoms with van der Waals surface area (Å²) in [7, 11) is 0. The summed E-state index contributed by atoms with van der Waals surface area (Å²) < 4.78 is 0. The second-order valence-electron chi connectivity index (χ2n) is 3.35. The third-order valence-corrected chi connectivity index (χ3v) is 2.13. The van der Waals surface area contributed by atoms with Crippen molar-refractivity contribution in [2.45, 2.75) is 19.8 Å². The molecule has 0 rings (SSSR count). The molecule has 90 valence electrons. The Morgan fingerprint density at radius 1 is 1.20 bits per heavy atom. The first-order chi connectivity index (χ1) is 7.24. The van der Waals surface area contributed by atoms with Crippen LogP contribution in [-0.2, 0) is 4.79 Å². The fraction of sp³-hybridized carbons (Fsp3) is 0.900. The summed E-state index contributed by atoms with van der Waals surface area (Å²) >= 11 is 0. The van der Waals surface area contributed by atoms with Crippen LogP contribution in [0.15, 0.2) is 0 Å². The smallest absolute Gasteiger partial charge is 0.219 e.